The maximum absolute atomic E-state index is 12.5. The molecule has 0 atom stereocenters. The second-order valence-electron chi connectivity index (χ2n) is 5.25. The molecule has 10 heteroatoms. The molecule has 132 valence electrons. The van der Waals surface area contributed by atoms with Crippen molar-refractivity contribution in [3.05, 3.63) is 35.7 Å². The van der Waals surface area contributed by atoms with E-state index in [1.807, 2.05) is 0 Å². The number of rotatable bonds is 6. The Balaban J connectivity index is 2.31. The monoisotopic (exact) mass is 372 g/mol. The van der Waals surface area contributed by atoms with Crippen LogP contribution in [0.5, 0.6) is 0 Å². The fourth-order valence-electron chi connectivity index (χ4n) is 2.32. The van der Waals surface area contributed by atoms with Crippen molar-refractivity contribution in [3.63, 3.8) is 0 Å². The van der Waals surface area contributed by atoms with Gasteiger partial charge in [-0.3, -0.25) is 9.40 Å². The highest BCUT2D eigenvalue weighted by molar-refractivity contribution is 7.92. The third-order valence-electron chi connectivity index (χ3n) is 3.46. The smallest absolute Gasteiger partial charge is 0.265 e. The molecule has 1 aromatic carbocycles. The van der Waals surface area contributed by atoms with E-state index < -0.39 is 20.0 Å². The summed E-state index contributed by atoms with van der Waals surface area (Å²) in [6.45, 7) is 5.24. The highest BCUT2D eigenvalue weighted by Crippen LogP contribution is 2.23. The van der Waals surface area contributed by atoms with Crippen molar-refractivity contribution in [2.75, 3.05) is 11.3 Å². The molecule has 1 heterocycles. The molecular weight excluding hydrogens is 352 g/mol. The molecule has 2 rings (SSSR count). The van der Waals surface area contributed by atoms with Gasteiger partial charge in [0.2, 0.25) is 10.0 Å². The molecule has 2 aromatic rings. The van der Waals surface area contributed by atoms with Crippen LogP contribution in [0.1, 0.15) is 18.3 Å². The zero-order chi connectivity index (χ0) is 18.1. The van der Waals surface area contributed by atoms with E-state index >= 15 is 0 Å². The van der Waals surface area contributed by atoms with E-state index in [1.54, 1.807) is 27.8 Å². The van der Waals surface area contributed by atoms with Gasteiger partial charge in [-0.1, -0.05) is 6.92 Å². The van der Waals surface area contributed by atoms with Crippen LogP contribution in [0.2, 0.25) is 0 Å². The van der Waals surface area contributed by atoms with Crippen molar-refractivity contribution in [1.29, 1.82) is 0 Å². The molecule has 8 nitrogen and oxygen atoms in total. The molecule has 1 aromatic heterocycles. The van der Waals surface area contributed by atoms with Crippen LogP contribution < -0.4 is 9.44 Å². The van der Waals surface area contributed by atoms with E-state index in [4.69, 9.17) is 0 Å². The zero-order valence-electron chi connectivity index (χ0n) is 13.9. The predicted molar refractivity (Wildman–Crippen MR) is 90.8 cm³/mol. The number of aromatic nitrogens is 2. The average Bonchev–Trinajstić information content (AvgIpc) is 2.72. The van der Waals surface area contributed by atoms with Crippen molar-refractivity contribution in [2.24, 2.45) is 7.05 Å². The van der Waals surface area contributed by atoms with Gasteiger partial charge in [-0.05, 0) is 38.1 Å². The van der Waals surface area contributed by atoms with Crippen LogP contribution in [0.3, 0.4) is 0 Å². The SMILES string of the molecule is CCNS(=O)(=O)c1ccc(NS(=O)(=O)c2c(C)nn(C)c2C)cc1. The first-order chi connectivity index (χ1) is 11.1. The van der Waals surface area contributed by atoms with E-state index in [-0.39, 0.29) is 22.0 Å². The Labute approximate surface area is 142 Å². The molecule has 0 saturated carbocycles. The van der Waals surface area contributed by atoms with Crippen LogP contribution in [0.4, 0.5) is 5.69 Å². The van der Waals surface area contributed by atoms with Crippen LogP contribution in [-0.2, 0) is 27.1 Å². The molecule has 0 aliphatic carbocycles. The summed E-state index contributed by atoms with van der Waals surface area (Å²) in [4.78, 5) is 0.190. The summed E-state index contributed by atoms with van der Waals surface area (Å²) in [5.41, 5.74) is 1.19. The quantitative estimate of drug-likeness (QED) is 0.790. The lowest BCUT2D eigenvalue weighted by Crippen LogP contribution is -2.23. The molecule has 2 N–H and O–H groups in total. The van der Waals surface area contributed by atoms with Gasteiger partial charge in [0.1, 0.15) is 4.90 Å². The lowest BCUT2D eigenvalue weighted by atomic mass is 10.3. The Morgan fingerprint density at radius 3 is 2.08 bits per heavy atom. The molecule has 0 radical (unpaired) electrons. The van der Waals surface area contributed by atoms with Crippen molar-refractivity contribution < 1.29 is 16.8 Å². The lowest BCUT2D eigenvalue weighted by Gasteiger charge is -2.10. The van der Waals surface area contributed by atoms with E-state index in [0.717, 1.165) is 0 Å². The zero-order valence-corrected chi connectivity index (χ0v) is 15.5. The average molecular weight is 372 g/mol. The minimum absolute atomic E-state index is 0.0704. The highest BCUT2D eigenvalue weighted by atomic mass is 32.2. The molecule has 0 aliphatic heterocycles. The maximum Gasteiger partial charge on any atom is 0.265 e. The minimum Gasteiger partial charge on any atom is -0.280 e. The van der Waals surface area contributed by atoms with Crippen molar-refractivity contribution in [3.8, 4) is 0 Å². The fourth-order valence-corrected chi connectivity index (χ4v) is 4.87. The lowest BCUT2D eigenvalue weighted by molar-refractivity contribution is 0.584. The van der Waals surface area contributed by atoms with Gasteiger partial charge < -0.3 is 0 Å². The Morgan fingerprint density at radius 2 is 1.62 bits per heavy atom. The van der Waals surface area contributed by atoms with Crippen LogP contribution in [0.25, 0.3) is 0 Å². The summed E-state index contributed by atoms with van der Waals surface area (Å²) in [6, 6.07) is 5.50. The van der Waals surface area contributed by atoms with Gasteiger partial charge in [-0.15, -0.1) is 0 Å². The molecule has 0 unspecified atom stereocenters. The Morgan fingerprint density at radius 1 is 1.04 bits per heavy atom. The van der Waals surface area contributed by atoms with Crippen LogP contribution in [0, 0.1) is 13.8 Å². The fraction of sp³-hybridized carbons (Fsp3) is 0.357. The summed E-state index contributed by atoms with van der Waals surface area (Å²) in [7, 11) is -5.72. The van der Waals surface area contributed by atoms with Gasteiger partial charge in [0.05, 0.1) is 16.3 Å². The Hall–Kier alpha value is -1.91. The molecule has 0 amide bonds. The van der Waals surface area contributed by atoms with Gasteiger partial charge in [0, 0.05) is 19.3 Å². The first kappa shape index (κ1) is 18.4. The van der Waals surface area contributed by atoms with Gasteiger partial charge >= 0.3 is 0 Å². The van der Waals surface area contributed by atoms with E-state index in [1.165, 1.54) is 28.9 Å². The molecule has 0 bridgehead atoms. The van der Waals surface area contributed by atoms with Crippen molar-refractivity contribution >= 4 is 25.7 Å². The normalized spacial score (nSPS) is 12.3. The number of benzene rings is 1. The second-order valence-corrected chi connectivity index (χ2v) is 8.64. The molecule has 0 fully saturated rings. The van der Waals surface area contributed by atoms with Crippen LogP contribution in [-0.4, -0.2) is 33.2 Å². The van der Waals surface area contributed by atoms with Crippen molar-refractivity contribution in [2.45, 2.75) is 30.6 Å². The number of sulfonamides is 2. The van der Waals surface area contributed by atoms with Gasteiger partial charge in [0.25, 0.3) is 10.0 Å². The number of aryl methyl sites for hydroxylation is 2. The topological polar surface area (TPSA) is 110 Å². The minimum atomic E-state index is -3.81. The van der Waals surface area contributed by atoms with Crippen molar-refractivity contribution in [1.82, 2.24) is 14.5 Å². The molecule has 0 aliphatic rings. The number of nitrogens with zero attached hydrogens (tertiary/aromatic N) is 2. The van der Waals surface area contributed by atoms with E-state index in [0.29, 0.717) is 11.4 Å². The second kappa shape index (κ2) is 6.54. The summed E-state index contributed by atoms with van der Waals surface area (Å²) in [5, 5.41) is 4.10. The van der Waals surface area contributed by atoms with Gasteiger partial charge in [-0.2, -0.15) is 5.10 Å². The first-order valence-corrected chi connectivity index (χ1v) is 10.2. The maximum atomic E-state index is 12.5. The number of nitrogens with one attached hydrogen (secondary N) is 2. The number of hydrogen-bond acceptors (Lipinski definition) is 5. The molecule has 0 spiro atoms. The van der Waals surface area contributed by atoms with Gasteiger partial charge in [0.15, 0.2) is 0 Å². The van der Waals surface area contributed by atoms with Crippen LogP contribution >= 0.6 is 0 Å². The van der Waals surface area contributed by atoms with Gasteiger partial charge in [-0.25, -0.2) is 21.6 Å². The summed E-state index contributed by atoms with van der Waals surface area (Å²) in [5.74, 6) is 0. The highest BCUT2D eigenvalue weighted by Gasteiger charge is 2.24. The first-order valence-electron chi connectivity index (χ1n) is 7.21. The standard InChI is InChI=1S/C14H20N4O4S2/c1-5-15-23(19,20)13-8-6-12(7-9-13)17-24(21,22)14-10(2)16-18(4)11(14)3/h6-9,15,17H,5H2,1-4H3. The van der Waals surface area contributed by atoms with Crippen LogP contribution in [0.15, 0.2) is 34.1 Å². The largest absolute Gasteiger partial charge is 0.280 e. The van der Waals surface area contributed by atoms with E-state index in [9.17, 15) is 16.8 Å². The summed E-state index contributed by atoms with van der Waals surface area (Å²) < 4.78 is 55.2. The number of anilines is 1. The summed E-state index contributed by atoms with van der Waals surface area (Å²) in [6.07, 6.45) is 0. The molecule has 24 heavy (non-hydrogen) atoms. The Kier molecular flexibility index (Phi) is 5.02. The molecule has 0 saturated heterocycles. The Bertz CT molecular complexity index is 945. The molecular formula is C14H20N4O4S2. The third-order valence-corrected chi connectivity index (χ3v) is 6.66. The van der Waals surface area contributed by atoms with E-state index in [2.05, 4.69) is 14.5 Å². The number of hydrogen-bond donors (Lipinski definition) is 2. The predicted octanol–water partition coefficient (Wildman–Crippen LogP) is 1.14. The summed E-state index contributed by atoms with van der Waals surface area (Å²) >= 11 is 0. The third kappa shape index (κ3) is 3.60.